The smallest absolute Gasteiger partial charge is 0.255 e. The van der Waals surface area contributed by atoms with Crippen LogP contribution < -0.4 is 5.32 Å². The highest BCUT2D eigenvalue weighted by Gasteiger charge is 2.12. The van der Waals surface area contributed by atoms with Gasteiger partial charge >= 0.3 is 0 Å². The summed E-state index contributed by atoms with van der Waals surface area (Å²) in [5.41, 5.74) is 4.05. The molecule has 0 aliphatic heterocycles. The maximum Gasteiger partial charge on any atom is 0.255 e. The zero-order valence-electron chi connectivity index (χ0n) is 11.3. The molecule has 0 atom stereocenters. The predicted molar refractivity (Wildman–Crippen MR) is 76.7 cm³/mol. The van der Waals surface area contributed by atoms with E-state index < -0.39 is 0 Å². The molecule has 19 heavy (non-hydrogen) atoms. The molecule has 0 saturated carbocycles. The number of hydrogen-bond acceptors (Lipinski definition) is 2. The van der Waals surface area contributed by atoms with Crippen molar-refractivity contribution in [2.45, 2.75) is 20.8 Å². The van der Waals surface area contributed by atoms with Crippen molar-refractivity contribution in [3.63, 3.8) is 0 Å². The number of phenols is 1. The lowest BCUT2D eigenvalue weighted by Gasteiger charge is -2.13. The molecule has 2 N–H and O–H groups in total. The van der Waals surface area contributed by atoms with Gasteiger partial charge in [0.2, 0.25) is 0 Å². The number of carbonyl (C=O) groups excluding carboxylic acids is 1. The van der Waals surface area contributed by atoms with Crippen LogP contribution in [0, 0.1) is 20.8 Å². The van der Waals surface area contributed by atoms with Crippen LogP contribution in [0.1, 0.15) is 27.0 Å². The van der Waals surface area contributed by atoms with Crippen LogP contribution in [-0.4, -0.2) is 11.0 Å². The molecule has 0 spiro atoms. The number of hydrogen-bond donors (Lipinski definition) is 2. The molecule has 0 heterocycles. The lowest BCUT2D eigenvalue weighted by atomic mass is 10.1. The van der Waals surface area contributed by atoms with E-state index in [0.29, 0.717) is 5.56 Å². The van der Waals surface area contributed by atoms with Gasteiger partial charge in [-0.1, -0.05) is 18.2 Å². The van der Waals surface area contributed by atoms with Crippen molar-refractivity contribution in [3.05, 3.63) is 58.7 Å². The van der Waals surface area contributed by atoms with Crippen LogP contribution in [-0.2, 0) is 0 Å². The van der Waals surface area contributed by atoms with Gasteiger partial charge < -0.3 is 10.4 Å². The standard InChI is InChI=1S/C16H17NO2/c1-10-6-4-5-7-14(10)16(19)17-15-11(2)8-13(18)9-12(15)3/h4-9,18H,1-3H3,(H,17,19). The van der Waals surface area contributed by atoms with Gasteiger partial charge in [-0.25, -0.2) is 0 Å². The highest BCUT2D eigenvalue weighted by Crippen LogP contribution is 2.26. The topological polar surface area (TPSA) is 49.3 Å². The molecule has 0 saturated heterocycles. The highest BCUT2D eigenvalue weighted by molar-refractivity contribution is 6.06. The van der Waals surface area contributed by atoms with Crippen LogP contribution in [0.3, 0.4) is 0 Å². The van der Waals surface area contributed by atoms with E-state index in [1.165, 1.54) is 0 Å². The van der Waals surface area contributed by atoms with Crippen molar-refractivity contribution in [3.8, 4) is 5.75 Å². The van der Waals surface area contributed by atoms with Crippen molar-refractivity contribution < 1.29 is 9.90 Å². The molecule has 0 aliphatic carbocycles. The summed E-state index contributed by atoms with van der Waals surface area (Å²) < 4.78 is 0. The Balaban J connectivity index is 2.32. The molecule has 0 bridgehead atoms. The Morgan fingerprint density at radius 1 is 1.00 bits per heavy atom. The number of amides is 1. The highest BCUT2D eigenvalue weighted by atomic mass is 16.3. The molecule has 3 heteroatoms. The van der Waals surface area contributed by atoms with Gasteiger partial charge in [-0.05, 0) is 55.7 Å². The van der Waals surface area contributed by atoms with Gasteiger partial charge in [-0.15, -0.1) is 0 Å². The fourth-order valence-corrected chi connectivity index (χ4v) is 2.15. The van der Waals surface area contributed by atoms with Crippen molar-refractivity contribution in [2.24, 2.45) is 0 Å². The molecule has 0 radical (unpaired) electrons. The second-order valence-corrected chi connectivity index (χ2v) is 4.72. The Bertz CT molecular complexity index is 609. The van der Waals surface area contributed by atoms with E-state index in [1.54, 1.807) is 18.2 Å². The molecule has 3 nitrogen and oxygen atoms in total. The summed E-state index contributed by atoms with van der Waals surface area (Å²) in [6, 6.07) is 10.7. The largest absolute Gasteiger partial charge is 0.508 e. The van der Waals surface area contributed by atoms with Gasteiger partial charge in [0.15, 0.2) is 0 Å². The SMILES string of the molecule is Cc1ccccc1C(=O)Nc1c(C)cc(O)cc1C. The van der Waals surface area contributed by atoms with E-state index in [9.17, 15) is 9.90 Å². The molecule has 0 fully saturated rings. The Hall–Kier alpha value is -2.29. The van der Waals surface area contributed by atoms with Crippen LogP contribution in [0.5, 0.6) is 5.75 Å². The van der Waals surface area contributed by atoms with Crippen molar-refractivity contribution in [2.75, 3.05) is 5.32 Å². The maximum absolute atomic E-state index is 12.3. The zero-order valence-corrected chi connectivity index (χ0v) is 11.3. The van der Waals surface area contributed by atoms with E-state index in [2.05, 4.69) is 5.32 Å². The average Bonchev–Trinajstić information content (AvgIpc) is 2.34. The fraction of sp³-hybridized carbons (Fsp3) is 0.188. The number of nitrogens with one attached hydrogen (secondary N) is 1. The van der Waals surface area contributed by atoms with Gasteiger partial charge in [0.25, 0.3) is 5.91 Å². The van der Waals surface area contributed by atoms with Crippen LogP contribution in [0.15, 0.2) is 36.4 Å². The van der Waals surface area contributed by atoms with Crippen molar-refractivity contribution >= 4 is 11.6 Å². The lowest BCUT2D eigenvalue weighted by molar-refractivity contribution is 0.102. The number of benzene rings is 2. The van der Waals surface area contributed by atoms with Gasteiger partial charge in [0.1, 0.15) is 5.75 Å². The van der Waals surface area contributed by atoms with Crippen LogP contribution in [0.4, 0.5) is 5.69 Å². The predicted octanol–water partition coefficient (Wildman–Crippen LogP) is 3.57. The minimum atomic E-state index is -0.130. The Morgan fingerprint density at radius 2 is 1.58 bits per heavy atom. The summed E-state index contributed by atoms with van der Waals surface area (Å²) >= 11 is 0. The minimum Gasteiger partial charge on any atom is -0.508 e. The number of aryl methyl sites for hydroxylation is 3. The molecule has 0 aliphatic rings. The maximum atomic E-state index is 12.3. The Morgan fingerprint density at radius 3 is 2.16 bits per heavy atom. The second-order valence-electron chi connectivity index (χ2n) is 4.72. The fourth-order valence-electron chi connectivity index (χ4n) is 2.15. The number of anilines is 1. The first-order chi connectivity index (χ1) is 8.99. The first-order valence-corrected chi connectivity index (χ1v) is 6.16. The molecule has 0 unspecified atom stereocenters. The Kier molecular flexibility index (Phi) is 3.56. The van der Waals surface area contributed by atoms with Crippen molar-refractivity contribution in [1.29, 1.82) is 0 Å². The van der Waals surface area contributed by atoms with Crippen LogP contribution in [0.2, 0.25) is 0 Å². The molecule has 2 aromatic rings. The number of phenolic OH excluding ortho intramolecular Hbond substituents is 1. The monoisotopic (exact) mass is 255 g/mol. The van der Waals surface area contributed by atoms with Crippen LogP contribution >= 0.6 is 0 Å². The summed E-state index contributed by atoms with van der Waals surface area (Å²) in [6.45, 7) is 5.63. The van der Waals surface area contributed by atoms with E-state index in [0.717, 1.165) is 22.4 Å². The van der Waals surface area contributed by atoms with Crippen LogP contribution in [0.25, 0.3) is 0 Å². The third-order valence-electron chi connectivity index (χ3n) is 3.15. The quantitative estimate of drug-likeness (QED) is 0.806. The van der Waals surface area contributed by atoms with Crippen molar-refractivity contribution in [1.82, 2.24) is 0 Å². The molecule has 1 amide bonds. The van der Waals surface area contributed by atoms with E-state index in [1.807, 2.05) is 39.0 Å². The summed E-state index contributed by atoms with van der Waals surface area (Å²) in [7, 11) is 0. The first-order valence-electron chi connectivity index (χ1n) is 6.16. The van der Waals surface area contributed by atoms with Gasteiger partial charge in [0.05, 0.1) is 0 Å². The van der Waals surface area contributed by atoms with Gasteiger partial charge in [0, 0.05) is 11.3 Å². The van der Waals surface area contributed by atoms with Gasteiger partial charge in [-0.2, -0.15) is 0 Å². The average molecular weight is 255 g/mol. The molecular weight excluding hydrogens is 238 g/mol. The summed E-state index contributed by atoms with van der Waals surface area (Å²) in [4.78, 5) is 12.3. The number of carbonyl (C=O) groups is 1. The summed E-state index contributed by atoms with van der Waals surface area (Å²) in [6.07, 6.45) is 0. The van der Waals surface area contributed by atoms with Gasteiger partial charge in [-0.3, -0.25) is 4.79 Å². The van der Waals surface area contributed by atoms with E-state index >= 15 is 0 Å². The normalized spacial score (nSPS) is 10.3. The third kappa shape index (κ3) is 2.76. The molecule has 98 valence electrons. The number of rotatable bonds is 2. The second kappa shape index (κ2) is 5.14. The Labute approximate surface area is 112 Å². The molecule has 2 aromatic carbocycles. The molecule has 2 rings (SSSR count). The first kappa shape index (κ1) is 13.1. The minimum absolute atomic E-state index is 0.130. The summed E-state index contributed by atoms with van der Waals surface area (Å²) in [5.74, 6) is 0.0823. The zero-order chi connectivity index (χ0) is 14.0. The molecule has 0 aromatic heterocycles. The molecular formula is C16H17NO2. The number of aromatic hydroxyl groups is 1. The lowest BCUT2D eigenvalue weighted by Crippen LogP contribution is -2.14. The van der Waals surface area contributed by atoms with E-state index in [-0.39, 0.29) is 11.7 Å². The third-order valence-corrected chi connectivity index (χ3v) is 3.15. The van der Waals surface area contributed by atoms with E-state index in [4.69, 9.17) is 0 Å². The summed E-state index contributed by atoms with van der Waals surface area (Å²) in [5, 5.41) is 12.4.